The van der Waals surface area contributed by atoms with Crippen molar-refractivity contribution in [2.75, 3.05) is 11.9 Å². The molecule has 0 saturated carbocycles. The van der Waals surface area contributed by atoms with Gasteiger partial charge in [0.2, 0.25) is 15.9 Å². The van der Waals surface area contributed by atoms with E-state index in [9.17, 15) is 13.2 Å². The molecular formula is C22H18Cl4N2O3S. The smallest absolute Gasteiger partial charge is 0.243 e. The maximum Gasteiger partial charge on any atom is 0.243 e. The molecule has 0 aliphatic rings. The summed E-state index contributed by atoms with van der Waals surface area (Å²) in [5.74, 6) is -0.545. The molecule has 1 amide bonds. The lowest BCUT2D eigenvalue weighted by atomic mass is 10.2. The van der Waals surface area contributed by atoms with Crippen molar-refractivity contribution in [3.8, 4) is 0 Å². The Morgan fingerprint density at radius 3 is 2.06 bits per heavy atom. The third-order valence-corrected chi connectivity index (χ3v) is 7.88. The number of nitrogens with one attached hydrogen (secondary N) is 1. The number of nitrogens with zero attached hydrogens (tertiary/aromatic N) is 1. The lowest BCUT2D eigenvalue weighted by Gasteiger charge is -2.23. The number of sulfonamides is 1. The molecule has 1 N–H and O–H groups in total. The van der Waals surface area contributed by atoms with Gasteiger partial charge in [0.1, 0.15) is 0 Å². The van der Waals surface area contributed by atoms with E-state index < -0.39 is 22.5 Å². The zero-order valence-electron chi connectivity index (χ0n) is 16.8. The van der Waals surface area contributed by atoms with Crippen molar-refractivity contribution >= 4 is 68.0 Å². The zero-order chi connectivity index (χ0) is 23.5. The Balaban J connectivity index is 1.95. The molecule has 0 bridgehead atoms. The molecule has 0 spiro atoms. The highest BCUT2D eigenvalue weighted by molar-refractivity contribution is 7.89. The van der Waals surface area contributed by atoms with E-state index in [0.29, 0.717) is 36.9 Å². The second kappa shape index (κ2) is 10.4. The summed E-state index contributed by atoms with van der Waals surface area (Å²) >= 11 is 24.5. The highest BCUT2D eigenvalue weighted by Crippen LogP contribution is 2.29. The largest absolute Gasteiger partial charge is 0.325 e. The van der Waals surface area contributed by atoms with Gasteiger partial charge >= 0.3 is 0 Å². The number of amides is 1. The van der Waals surface area contributed by atoms with Crippen LogP contribution in [0.25, 0.3) is 0 Å². The Bertz CT molecular complexity index is 1230. The Morgan fingerprint density at radius 2 is 1.44 bits per heavy atom. The molecule has 10 heteroatoms. The predicted molar refractivity (Wildman–Crippen MR) is 130 cm³/mol. The van der Waals surface area contributed by atoms with Gasteiger partial charge in [-0.3, -0.25) is 4.79 Å². The van der Waals surface area contributed by atoms with Crippen molar-refractivity contribution in [2.24, 2.45) is 0 Å². The number of carbonyl (C=O) groups is 1. The van der Waals surface area contributed by atoms with E-state index >= 15 is 0 Å². The van der Waals surface area contributed by atoms with Gasteiger partial charge in [-0.05, 0) is 61.0 Å². The number of hydrogen-bond donors (Lipinski definition) is 1. The number of halogens is 4. The summed E-state index contributed by atoms with van der Waals surface area (Å²) in [6.07, 6.45) is 0. The third-order valence-electron chi connectivity index (χ3n) is 4.71. The number of benzene rings is 3. The average Bonchev–Trinajstić information content (AvgIpc) is 2.73. The highest BCUT2D eigenvalue weighted by atomic mass is 35.5. The molecule has 0 unspecified atom stereocenters. The van der Waals surface area contributed by atoms with Crippen molar-refractivity contribution in [1.82, 2.24) is 4.31 Å². The Kier molecular flexibility index (Phi) is 8.09. The first kappa shape index (κ1) is 24.8. The van der Waals surface area contributed by atoms with Gasteiger partial charge in [-0.1, -0.05) is 58.5 Å². The van der Waals surface area contributed by atoms with Crippen LogP contribution in [0.3, 0.4) is 0 Å². The van der Waals surface area contributed by atoms with Gasteiger partial charge in [-0.15, -0.1) is 0 Å². The summed E-state index contributed by atoms with van der Waals surface area (Å²) in [4.78, 5) is 12.8. The Hall–Kier alpha value is -1.80. The number of rotatable bonds is 7. The molecule has 0 heterocycles. The minimum Gasteiger partial charge on any atom is -0.325 e. The van der Waals surface area contributed by atoms with Crippen molar-refractivity contribution in [3.63, 3.8) is 0 Å². The Morgan fingerprint density at radius 1 is 0.875 bits per heavy atom. The second-order valence-corrected chi connectivity index (χ2v) is 10.5. The van der Waals surface area contributed by atoms with E-state index in [-0.39, 0.29) is 11.4 Å². The summed E-state index contributed by atoms with van der Waals surface area (Å²) in [7, 11) is -4.08. The number of carbonyl (C=O) groups excluding carboxylic acids is 1. The molecule has 0 saturated heterocycles. The van der Waals surface area contributed by atoms with Crippen LogP contribution in [0, 0.1) is 6.92 Å². The summed E-state index contributed by atoms with van der Waals surface area (Å²) in [5.41, 5.74) is 1.55. The summed E-state index contributed by atoms with van der Waals surface area (Å²) in [6, 6.07) is 15.6. The number of anilines is 1. The lowest BCUT2D eigenvalue weighted by Crippen LogP contribution is -2.37. The zero-order valence-corrected chi connectivity index (χ0v) is 20.6. The van der Waals surface area contributed by atoms with Crippen LogP contribution in [-0.2, 0) is 21.4 Å². The van der Waals surface area contributed by atoms with Gasteiger partial charge in [0.15, 0.2) is 0 Å². The van der Waals surface area contributed by atoms with Gasteiger partial charge in [-0.25, -0.2) is 8.42 Å². The normalized spacial score (nSPS) is 11.6. The van der Waals surface area contributed by atoms with Crippen LogP contribution in [0.15, 0.2) is 65.6 Å². The van der Waals surface area contributed by atoms with Crippen LogP contribution < -0.4 is 5.32 Å². The molecule has 3 rings (SSSR count). The minimum atomic E-state index is -4.08. The molecule has 5 nitrogen and oxygen atoms in total. The minimum absolute atomic E-state index is 0.0168. The quantitative estimate of drug-likeness (QED) is 0.381. The summed E-state index contributed by atoms with van der Waals surface area (Å²) < 4.78 is 27.8. The maximum absolute atomic E-state index is 13.4. The van der Waals surface area contributed by atoms with Crippen LogP contribution in [0.2, 0.25) is 20.1 Å². The molecule has 0 aromatic heterocycles. The maximum atomic E-state index is 13.4. The van der Waals surface area contributed by atoms with Crippen molar-refractivity contribution < 1.29 is 13.2 Å². The molecule has 168 valence electrons. The fourth-order valence-corrected chi connectivity index (χ4v) is 5.12. The van der Waals surface area contributed by atoms with Gasteiger partial charge in [0, 0.05) is 37.9 Å². The molecule has 3 aromatic rings. The van der Waals surface area contributed by atoms with Gasteiger partial charge < -0.3 is 5.32 Å². The molecule has 0 radical (unpaired) electrons. The van der Waals surface area contributed by atoms with Crippen LogP contribution in [0.4, 0.5) is 5.69 Å². The van der Waals surface area contributed by atoms with E-state index in [1.807, 2.05) is 0 Å². The molecule has 0 aliphatic heterocycles. The molecule has 3 aromatic carbocycles. The second-order valence-electron chi connectivity index (χ2n) is 6.89. The van der Waals surface area contributed by atoms with Crippen LogP contribution in [0.5, 0.6) is 0 Å². The third kappa shape index (κ3) is 5.76. The molecule has 32 heavy (non-hydrogen) atoms. The molecule has 0 aliphatic carbocycles. The van der Waals surface area contributed by atoms with E-state index in [0.717, 1.165) is 4.31 Å². The van der Waals surface area contributed by atoms with Crippen molar-refractivity contribution in [2.45, 2.75) is 18.4 Å². The van der Waals surface area contributed by atoms with E-state index in [2.05, 4.69) is 5.32 Å². The first-order valence-corrected chi connectivity index (χ1v) is 12.3. The van der Waals surface area contributed by atoms with Crippen molar-refractivity contribution in [1.29, 1.82) is 0 Å². The average molecular weight is 532 g/mol. The van der Waals surface area contributed by atoms with Crippen LogP contribution in [0.1, 0.15) is 11.1 Å². The van der Waals surface area contributed by atoms with Crippen molar-refractivity contribution in [3.05, 3.63) is 91.9 Å². The topological polar surface area (TPSA) is 66.5 Å². The van der Waals surface area contributed by atoms with E-state index in [1.54, 1.807) is 43.3 Å². The Labute approximate surface area is 206 Å². The first-order chi connectivity index (χ1) is 15.1. The summed E-state index contributed by atoms with van der Waals surface area (Å²) in [6.45, 7) is 1.08. The fourth-order valence-electron chi connectivity index (χ4n) is 2.93. The summed E-state index contributed by atoms with van der Waals surface area (Å²) in [5, 5.41) is 4.17. The molecule has 0 fully saturated rings. The highest BCUT2D eigenvalue weighted by Gasteiger charge is 2.28. The fraction of sp³-hybridized carbons (Fsp3) is 0.136. The standard InChI is InChI=1S/C22H18Cl4N2O3S/c1-14-18(24)4-3-7-21(14)27-22(29)13-28(12-17-19(25)5-2-6-20(17)26)32(30,31)16-10-8-15(23)9-11-16/h2-11H,12-13H2,1H3,(H,27,29). The molecule has 0 atom stereocenters. The van der Waals surface area contributed by atoms with Crippen LogP contribution in [-0.4, -0.2) is 25.2 Å². The lowest BCUT2D eigenvalue weighted by molar-refractivity contribution is -0.116. The van der Waals surface area contributed by atoms with E-state index in [1.165, 1.54) is 24.3 Å². The van der Waals surface area contributed by atoms with Gasteiger partial charge in [0.25, 0.3) is 0 Å². The SMILES string of the molecule is Cc1c(Cl)cccc1NC(=O)CN(Cc1c(Cl)cccc1Cl)S(=O)(=O)c1ccc(Cl)cc1. The molecular weight excluding hydrogens is 514 g/mol. The number of hydrogen-bond acceptors (Lipinski definition) is 3. The van der Waals surface area contributed by atoms with E-state index in [4.69, 9.17) is 46.4 Å². The predicted octanol–water partition coefficient (Wildman–Crippen LogP) is 6.44. The monoisotopic (exact) mass is 530 g/mol. The first-order valence-electron chi connectivity index (χ1n) is 9.33. The van der Waals surface area contributed by atoms with Crippen LogP contribution >= 0.6 is 46.4 Å². The van der Waals surface area contributed by atoms with Gasteiger partial charge in [-0.2, -0.15) is 4.31 Å². The van der Waals surface area contributed by atoms with Gasteiger partial charge in [0.05, 0.1) is 11.4 Å².